The van der Waals surface area contributed by atoms with Crippen LogP contribution >= 0.6 is 0 Å². The Morgan fingerprint density at radius 2 is 1.90 bits per heavy atom. The van der Waals surface area contributed by atoms with E-state index in [2.05, 4.69) is 23.6 Å². The lowest BCUT2D eigenvalue weighted by Gasteiger charge is -2.40. The summed E-state index contributed by atoms with van der Waals surface area (Å²) < 4.78 is 0. The van der Waals surface area contributed by atoms with Crippen LogP contribution in [0.1, 0.15) is 58.8 Å². The molecule has 0 aromatic carbocycles. The number of carbonyl (C=O) groups is 1. The molecule has 0 aliphatic carbocycles. The van der Waals surface area contributed by atoms with Gasteiger partial charge < -0.3 is 10.0 Å². The molecule has 4 heteroatoms. The van der Waals surface area contributed by atoms with E-state index >= 15 is 0 Å². The number of likely N-dealkylation sites (tertiary alicyclic amines) is 2. The monoisotopic (exact) mass is 282 g/mol. The van der Waals surface area contributed by atoms with Crippen LogP contribution < -0.4 is 0 Å². The molecule has 0 aromatic rings. The molecule has 1 N–H and O–H groups in total. The summed E-state index contributed by atoms with van der Waals surface area (Å²) in [6.45, 7) is 8.01. The highest BCUT2D eigenvalue weighted by molar-refractivity contribution is 5.67. The van der Waals surface area contributed by atoms with Crippen LogP contribution in [0.2, 0.25) is 0 Å². The van der Waals surface area contributed by atoms with E-state index in [0.29, 0.717) is 18.5 Å². The zero-order chi connectivity index (χ0) is 14.5. The van der Waals surface area contributed by atoms with Gasteiger partial charge in [-0.1, -0.05) is 6.42 Å². The van der Waals surface area contributed by atoms with Crippen molar-refractivity contribution in [1.29, 1.82) is 0 Å². The minimum absolute atomic E-state index is 0.275. The number of aliphatic carboxylic acids is 1. The standard InChI is InChI=1S/C16H30N2O2/c1-13(2)17-9-5-7-14(8-11-17)18-10-4-3-6-15(18)12-16(19)20/h13-15H,3-12H2,1-2H3,(H,19,20). The molecule has 0 radical (unpaired) electrons. The van der Waals surface area contributed by atoms with E-state index in [1.54, 1.807) is 0 Å². The molecule has 0 spiro atoms. The lowest BCUT2D eigenvalue weighted by Crippen LogP contribution is -2.47. The number of carboxylic acids is 1. The average Bonchev–Trinajstić information content (AvgIpc) is 2.64. The van der Waals surface area contributed by atoms with Crippen molar-refractivity contribution in [3.05, 3.63) is 0 Å². The Morgan fingerprint density at radius 1 is 1.10 bits per heavy atom. The topological polar surface area (TPSA) is 43.8 Å². The number of nitrogens with zero attached hydrogens (tertiary/aromatic N) is 2. The van der Waals surface area contributed by atoms with Crippen molar-refractivity contribution in [2.75, 3.05) is 19.6 Å². The highest BCUT2D eigenvalue weighted by Gasteiger charge is 2.31. The number of hydrogen-bond acceptors (Lipinski definition) is 3. The lowest BCUT2D eigenvalue weighted by molar-refractivity contribution is -0.139. The molecule has 2 fully saturated rings. The molecule has 2 unspecified atom stereocenters. The van der Waals surface area contributed by atoms with Gasteiger partial charge in [-0.05, 0) is 65.6 Å². The normalized spacial score (nSPS) is 30.4. The quantitative estimate of drug-likeness (QED) is 0.860. The summed E-state index contributed by atoms with van der Waals surface area (Å²) in [5.74, 6) is -0.640. The number of carboxylic acid groups (broad SMARTS) is 1. The molecule has 0 bridgehead atoms. The largest absolute Gasteiger partial charge is 0.481 e. The van der Waals surface area contributed by atoms with Gasteiger partial charge in [-0.3, -0.25) is 9.69 Å². The van der Waals surface area contributed by atoms with Gasteiger partial charge >= 0.3 is 5.97 Å². The van der Waals surface area contributed by atoms with Gasteiger partial charge in [0.1, 0.15) is 0 Å². The Hall–Kier alpha value is -0.610. The third-order valence-corrected chi connectivity index (χ3v) is 5.01. The van der Waals surface area contributed by atoms with Crippen molar-refractivity contribution in [3.8, 4) is 0 Å². The molecule has 0 saturated carbocycles. The Kier molecular flexibility index (Phi) is 5.85. The molecule has 0 aromatic heterocycles. The molecule has 2 atom stereocenters. The summed E-state index contributed by atoms with van der Waals surface area (Å²) in [6.07, 6.45) is 7.51. The molecular weight excluding hydrogens is 252 g/mol. The van der Waals surface area contributed by atoms with Crippen molar-refractivity contribution in [2.45, 2.75) is 76.9 Å². The molecule has 0 amide bonds. The van der Waals surface area contributed by atoms with E-state index in [4.69, 9.17) is 5.11 Å². The van der Waals surface area contributed by atoms with Crippen LogP contribution in [0.15, 0.2) is 0 Å². The van der Waals surface area contributed by atoms with E-state index in [1.807, 2.05) is 0 Å². The van der Waals surface area contributed by atoms with Crippen LogP contribution in [-0.4, -0.2) is 58.6 Å². The third-order valence-electron chi connectivity index (χ3n) is 5.01. The Bertz CT molecular complexity index is 320. The first kappa shape index (κ1) is 15.8. The summed E-state index contributed by atoms with van der Waals surface area (Å²) in [7, 11) is 0. The molecule has 4 nitrogen and oxygen atoms in total. The van der Waals surface area contributed by atoms with Gasteiger partial charge in [0.2, 0.25) is 0 Å². The highest BCUT2D eigenvalue weighted by atomic mass is 16.4. The first-order valence-corrected chi connectivity index (χ1v) is 8.29. The predicted molar refractivity (Wildman–Crippen MR) is 80.9 cm³/mol. The van der Waals surface area contributed by atoms with Crippen molar-refractivity contribution in [2.24, 2.45) is 0 Å². The van der Waals surface area contributed by atoms with Crippen LogP contribution in [0.5, 0.6) is 0 Å². The van der Waals surface area contributed by atoms with Gasteiger partial charge in [0.15, 0.2) is 0 Å². The van der Waals surface area contributed by atoms with Gasteiger partial charge in [0.05, 0.1) is 6.42 Å². The van der Waals surface area contributed by atoms with Crippen LogP contribution in [0.4, 0.5) is 0 Å². The zero-order valence-electron chi connectivity index (χ0n) is 13.1. The van der Waals surface area contributed by atoms with Crippen molar-refractivity contribution >= 4 is 5.97 Å². The SMILES string of the molecule is CC(C)N1CCCC(N2CCCCC2CC(=O)O)CC1. The molecule has 2 aliphatic rings. The number of rotatable bonds is 4. The molecule has 2 rings (SSSR count). The van der Waals surface area contributed by atoms with Gasteiger partial charge in [-0.25, -0.2) is 0 Å². The maximum Gasteiger partial charge on any atom is 0.304 e. The minimum atomic E-state index is -0.640. The van der Waals surface area contributed by atoms with Gasteiger partial charge in [0.25, 0.3) is 0 Å². The summed E-state index contributed by atoms with van der Waals surface area (Å²) >= 11 is 0. The van der Waals surface area contributed by atoms with E-state index in [-0.39, 0.29) is 6.04 Å². The van der Waals surface area contributed by atoms with Gasteiger partial charge in [-0.15, -0.1) is 0 Å². The highest BCUT2D eigenvalue weighted by Crippen LogP contribution is 2.27. The molecule has 116 valence electrons. The second-order valence-corrected chi connectivity index (χ2v) is 6.70. The lowest BCUT2D eigenvalue weighted by atomic mass is 9.95. The van der Waals surface area contributed by atoms with Crippen LogP contribution in [0.25, 0.3) is 0 Å². The van der Waals surface area contributed by atoms with Crippen LogP contribution in [0, 0.1) is 0 Å². The maximum absolute atomic E-state index is 11.1. The van der Waals surface area contributed by atoms with Crippen LogP contribution in [-0.2, 0) is 4.79 Å². The molecule has 2 heterocycles. The fourth-order valence-corrected chi connectivity index (χ4v) is 3.87. The Morgan fingerprint density at radius 3 is 2.60 bits per heavy atom. The Balaban J connectivity index is 1.95. The van der Waals surface area contributed by atoms with E-state index in [0.717, 1.165) is 13.0 Å². The first-order valence-electron chi connectivity index (χ1n) is 8.29. The summed E-state index contributed by atoms with van der Waals surface area (Å²) in [4.78, 5) is 16.2. The Labute approximate surface area is 123 Å². The fourth-order valence-electron chi connectivity index (χ4n) is 3.87. The van der Waals surface area contributed by atoms with Crippen LogP contribution in [0.3, 0.4) is 0 Å². The zero-order valence-corrected chi connectivity index (χ0v) is 13.1. The maximum atomic E-state index is 11.1. The average molecular weight is 282 g/mol. The molecule has 20 heavy (non-hydrogen) atoms. The summed E-state index contributed by atoms with van der Waals surface area (Å²) in [5, 5.41) is 9.12. The number of hydrogen-bond donors (Lipinski definition) is 1. The summed E-state index contributed by atoms with van der Waals surface area (Å²) in [5.41, 5.74) is 0. The molecule has 2 saturated heterocycles. The molecule has 2 aliphatic heterocycles. The second-order valence-electron chi connectivity index (χ2n) is 6.70. The van der Waals surface area contributed by atoms with Gasteiger partial charge in [-0.2, -0.15) is 0 Å². The first-order chi connectivity index (χ1) is 9.58. The van der Waals surface area contributed by atoms with Crippen molar-refractivity contribution in [1.82, 2.24) is 9.80 Å². The smallest absolute Gasteiger partial charge is 0.304 e. The predicted octanol–water partition coefficient (Wildman–Crippen LogP) is 2.58. The van der Waals surface area contributed by atoms with E-state index < -0.39 is 5.97 Å². The van der Waals surface area contributed by atoms with Gasteiger partial charge in [0, 0.05) is 18.1 Å². The number of piperidine rings is 1. The fraction of sp³-hybridized carbons (Fsp3) is 0.938. The minimum Gasteiger partial charge on any atom is -0.481 e. The third kappa shape index (κ3) is 4.19. The molecular formula is C16H30N2O2. The van der Waals surface area contributed by atoms with E-state index in [1.165, 1.54) is 45.2 Å². The van der Waals surface area contributed by atoms with E-state index in [9.17, 15) is 4.79 Å². The van der Waals surface area contributed by atoms with Crippen molar-refractivity contribution < 1.29 is 9.90 Å². The second kappa shape index (κ2) is 7.41. The van der Waals surface area contributed by atoms with Crippen molar-refractivity contribution in [3.63, 3.8) is 0 Å². The summed E-state index contributed by atoms with van der Waals surface area (Å²) in [6, 6.07) is 1.50.